The first-order valence-electron chi connectivity index (χ1n) is 10.3. The van der Waals surface area contributed by atoms with Gasteiger partial charge in [0, 0.05) is 26.2 Å². The molecule has 2 aromatic carbocycles. The summed E-state index contributed by atoms with van der Waals surface area (Å²) in [6.07, 6.45) is 0.456. The fourth-order valence-electron chi connectivity index (χ4n) is 3.37. The largest absolute Gasteiger partial charge is 0.493 e. The van der Waals surface area contributed by atoms with Crippen molar-refractivity contribution >= 4 is 0 Å². The molecule has 2 N–H and O–H groups in total. The van der Waals surface area contributed by atoms with Crippen molar-refractivity contribution in [2.75, 3.05) is 53.1 Å². The molecule has 2 aromatic rings. The van der Waals surface area contributed by atoms with Gasteiger partial charge < -0.3 is 24.6 Å². The smallest absolute Gasteiger partial charge is 0.161 e. The summed E-state index contributed by atoms with van der Waals surface area (Å²) in [5.74, 6) is 1.34. The van der Waals surface area contributed by atoms with E-state index in [9.17, 15) is 5.11 Å². The Morgan fingerprint density at radius 1 is 1.07 bits per heavy atom. The zero-order valence-corrected chi connectivity index (χ0v) is 17.2. The molecule has 1 fully saturated rings. The lowest BCUT2D eigenvalue weighted by Gasteiger charge is -2.28. The lowest BCUT2D eigenvalue weighted by atomic mass is 10.1. The van der Waals surface area contributed by atoms with Crippen molar-refractivity contribution < 1.29 is 19.3 Å². The SMILES string of the molecule is COc1cc(CNCCc2ccccc2)ccc1OC[C@@H](O)CN1CCOCC1. The monoisotopic (exact) mass is 400 g/mol. The van der Waals surface area contributed by atoms with Gasteiger partial charge in [0.1, 0.15) is 12.7 Å². The van der Waals surface area contributed by atoms with Crippen LogP contribution in [0.4, 0.5) is 0 Å². The zero-order valence-electron chi connectivity index (χ0n) is 17.2. The first-order valence-corrected chi connectivity index (χ1v) is 10.3. The van der Waals surface area contributed by atoms with Gasteiger partial charge in [-0.05, 0) is 36.2 Å². The predicted octanol–water partition coefficient (Wildman–Crippen LogP) is 2.10. The van der Waals surface area contributed by atoms with Gasteiger partial charge in [0.25, 0.3) is 0 Å². The van der Waals surface area contributed by atoms with Crippen LogP contribution in [0.15, 0.2) is 48.5 Å². The van der Waals surface area contributed by atoms with E-state index in [0.717, 1.165) is 51.4 Å². The second kappa shape index (κ2) is 11.8. The summed E-state index contributed by atoms with van der Waals surface area (Å²) in [4.78, 5) is 2.19. The maximum Gasteiger partial charge on any atom is 0.161 e. The van der Waals surface area contributed by atoms with Crippen LogP contribution in [0.2, 0.25) is 0 Å². The number of benzene rings is 2. The van der Waals surface area contributed by atoms with Gasteiger partial charge in [0.2, 0.25) is 0 Å². The molecule has 6 nitrogen and oxygen atoms in total. The van der Waals surface area contributed by atoms with Crippen LogP contribution in [0.1, 0.15) is 11.1 Å². The van der Waals surface area contributed by atoms with Crippen molar-refractivity contribution in [3.05, 3.63) is 59.7 Å². The van der Waals surface area contributed by atoms with Crippen LogP contribution in [0.5, 0.6) is 11.5 Å². The highest BCUT2D eigenvalue weighted by atomic mass is 16.5. The number of nitrogens with zero attached hydrogens (tertiary/aromatic N) is 1. The number of methoxy groups -OCH3 is 1. The Morgan fingerprint density at radius 3 is 2.62 bits per heavy atom. The van der Waals surface area contributed by atoms with Crippen molar-refractivity contribution in [2.24, 2.45) is 0 Å². The third-order valence-electron chi connectivity index (χ3n) is 4.99. The first-order chi connectivity index (χ1) is 14.2. The molecule has 1 heterocycles. The zero-order chi connectivity index (χ0) is 20.3. The topological polar surface area (TPSA) is 63.2 Å². The van der Waals surface area contributed by atoms with E-state index in [1.165, 1.54) is 5.56 Å². The van der Waals surface area contributed by atoms with Crippen molar-refractivity contribution in [1.82, 2.24) is 10.2 Å². The van der Waals surface area contributed by atoms with E-state index in [0.29, 0.717) is 18.0 Å². The van der Waals surface area contributed by atoms with E-state index < -0.39 is 6.10 Å². The van der Waals surface area contributed by atoms with Crippen LogP contribution in [-0.4, -0.2) is 69.2 Å². The highest BCUT2D eigenvalue weighted by molar-refractivity contribution is 5.43. The predicted molar refractivity (Wildman–Crippen MR) is 114 cm³/mol. The summed E-state index contributed by atoms with van der Waals surface area (Å²) in [5.41, 5.74) is 2.47. The summed E-state index contributed by atoms with van der Waals surface area (Å²) in [6.45, 7) is 5.67. The van der Waals surface area contributed by atoms with Crippen LogP contribution in [0, 0.1) is 0 Å². The van der Waals surface area contributed by atoms with Crippen molar-refractivity contribution in [3.63, 3.8) is 0 Å². The Bertz CT molecular complexity index is 720. The number of nitrogens with one attached hydrogen (secondary N) is 1. The molecule has 0 aliphatic carbocycles. The molecular formula is C23H32N2O4. The van der Waals surface area contributed by atoms with Crippen LogP contribution in [-0.2, 0) is 17.7 Å². The number of β-amino-alcohol motifs (C(OH)–C–C–N with tert-alkyl or cyclic N) is 1. The minimum Gasteiger partial charge on any atom is -0.493 e. The molecule has 1 saturated heterocycles. The molecule has 1 aliphatic heterocycles. The third-order valence-corrected chi connectivity index (χ3v) is 4.99. The number of hydrogen-bond acceptors (Lipinski definition) is 6. The van der Waals surface area contributed by atoms with E-state index in [-0.39, 0.29) is 6.61 Å². The van der Waals surface area contributed by atoms with Gasteiger partial charge in [-0.2, -0.15) is 0 Å². The third kappa shape index (κ3) is 7.33. The van der Waals surface area contributed by atoms with Gasteiger partial charge >= 0.3 is 0 Å². The van der Waals surface area contributed by atoms with Gasteiger partial charge in [0.05, 0.1) is 20.3 Å². The van der Waals surface area contributed by atoms with E-state index in [1.807, 2.05) is 24.3 Å². The summed E-state index contributed by atoms with van der Waals surface area (Å²) in [5, 5.41) is 13.7. The quantitative estimate of drug-likeness (QED) is 0.564. The summed E-state index contributed by atoms with van der Waals surface area (Å²) >= 11 is 0. The van der Waals surface area contributed by atoms with E-state index in [4.69, 9.17) is 14.2 Å². The fraction of sp³-hybridized carbons (Fsp3) is 0.478. The van der Waals surface area contributed by atoms with E-state index >= 15 is 0 Å². The molecule has 6 heteroatoms. The molecule has 0 spiro atoms. The first kappa shape index (κ1) is 21.6. The maximum atomic E-state index is 10.3. The van der Waals surface area contributed by atoms with Gasteiger partial charge in [0.15, 0.2) is 11.5 Å². The van der Waals surface area contributed by atoms with Crippen molar-refractivity contribution in [3.8, 4) is 11.5 Å². The summed E-state index contributed by atoms with van der Waals surface area (Å²) < 4.78 is 16.6. The molecule has 0 saturated carbocycles. The summed E-state index contributed by atoms with van der Waals surface area (Å²) in [6, 6.07) is 16.4. The number of aliphatic hydroxyl groups excluding tert-OH is 1. The van der Waals surface area contributed by atoms with Crippen LogP contribution in [0.3, 0.4) is 0 Å². The second-order valence-corrected chi connectivity index (χ2v) is 7.28. The molecule has 0 radical (unpaired) electrons. The van der Waals surface area contributed by atoms with Gasteiger partial charge in [-0.3, -0.25) is 4.90 Å². The Hall–Kier alpha value is -2.12. The average molecular weight is 401 g/mol. The van der Waals surface area contributed by atoms with Crippen LogP contribution >= 0.6 is 0 Å². The molecule has 158 valence electrons. The number of hydrogen-bond donors (Lipinski definition) is 2. The normalized spacial score (nSPS) is 15.8. The number of morpholine rings is 1. The lowest BCUT2D eigenvalue weighted by Crippen LogP contribution is -2.42. The maximum absolute atomic E-state index is 10.3. The van der Waals surface area contributed by atoms with Gasteiger partial charge in [-0.25, -0.2) is 0 Å². The molecule has 29 heavy (non-hydrogen) atoms. The van der Waals surface area contributed by atoms with Crippen LogP contribution in [0.25, 0.3) is 0 Å². The number of aliphatic hydroxyl groups is 1. The fourth-order valence-corrected chi connectivity index (χ4v) is 3.37. The molecule has 0 bridgehead atoms. The molecule has 0 amide bonds. The number of rotatable bonds is 11. The standard InChI is InChI=1S/C23H32N2O4/c1-27-23-15-20(16-24-10-9-19-5-3-2-4-6-19)7-8-22(23)29-18-21(26)17-25-11-13-28-14-12-25/h2-8,15,21,24,26H,9-14,16-18H2,1H3/t21-/m0/s1. The molecule has 3 rings (SSSR count). The highest BCUT2D eigenvalue weighted by Gasteiger charge is 2.16. The minimum atomic E-state index is -0.544. The Balaban J connectivity index is 1.42. The van der Waals surface area contributed by atoms with E-state index in [1.54, 1.807) is 7.11 Å². The number of ether oxygens (including phenoxy) is 3. The lowest BCUT2D eigenvalue weighted by molar-refractivity contribution is 0.00445. The van der Waals surface area contributed by atoms with Gasteiger partial charge in [-0.1, -0.05) is 36.4 Å². The molecule has 0 aromatic heterocycles. The van der Waals surface area contributed by atoms with Crippen molar-refractivity contribution in [1.29, 1.82) is 0 Å². The van der Waals surface area contributed by atoms with Crippen LogP contribution < -0.4 is 14.8 Å². The van der Waals surface area contributed by atoms with E-state index in [2.05, 4.69) is 34.5 Å². The molecule has 0 unspecified atom stereocenters. The Morgan fingerprint density at radius 2 is 1.86 bits per heavy atom. The van der Waals surface area contributed by atoms with Crippen molar-refractivity contribution in [2.45, 2.75) is 19.1 Å². The minimum absolute atomic E-state index is 0.238. The average Bonchev–Trinajstić information content (AvgIpc) is 2.77. The molecular weight excluding hydrogens is 368 g/mol. The Kier molecular flexibility index (Phi) is 8.77. The second-order valence-electron chi connectivity index (χ2n) is 7.28. The molecule has 1 aliphatic rings. The summed E-state index contributed by atoms with van der Waals surface area (Å²) in [7, 11) is 1.64. The van der Waals surface area contributed by atoms with Gasteiger partial charge in [-0.15, -0.1) is 0 Å². The Labute approximate surface area is 173 Å². The molecule has 1 atom stereocenters. The highest BCUT2D eigenvalue weighted by Crippen LogP contribution is 2.28.